The Labute approximate surface area is 67.1 Å². The average Bonchev–Trinajstić information content (AvgIpc) is 2.34. The third kappa shape index (κ3) is 0.939. The molecule has 0 spiro atoms. The number of aromatic nitrogens is 1. The normalized spacial score (nSPS) is 21.6. The summed E-state index contributed by atoms with van der Waals surface area (Å²) in [7, 11) is -0.897. The van der Waals surface area contributed by atoms with Crippen molar-refractivity contribution in [2.45, 2.75) is 11.3 Å². The Balaban J connectivity index is 2.68. The van der Waals surface area contributed by atoms with Gasteiger partial charge in [0.1, 0.15) is 0 Å². The van der Waals surface area contributed by atoms with E-state index in [4.69, 9.17) is 5.73 Å². The summed E-state index contributed by atoms with van der Waals surface area (Å²) in [5, 5.41) is 0. The molecule has 0 radical (unpaired) electrons. The lowest BCUT2D eigenvalue weighted by Crippen LogP contribution is -1.96. The molecule has 0 saturated heterocycles. The summed E-state index contributed by atoms with van der Waals surface area (Å²) >= 11 is 0. The van der Waals surface area contributed by atoms with Gasteiger partial charge in [0.25, 0.3) is 0 Å². The molecule has 0 bridgehead atoms. The van der Waals surface area contributed by atoms with Crippen molar-refractivity contribution in [2.24, 2.45) is 0 Å². The molecule has 0 amide bonds. The van der Waals surface area contributed by atoms with E-state index in [0.29, 0.717) is 11.4 Å². The van der Waals surface area contributed by atoms with Gasteiger partial charge in [0.2, 0.25) is 0 Å². The minimum absolute atomic E-state index is 0.617. The summed E-state index contributed by atoms with van der Waals surface area (Å²) in [4.78, 5) is 4.85. The van der Waals surface area contributed by atoms with E-state index in [0.717, 1.165) is 17.0 Å². The molecule has 11 heavy (non-hydrogen) atoms. The standard InChI is InChI=1S/C7H8N2OS/c8-5-1-3-9-6-2-4-11(10)7(5)6/h1,3H,2,4H2,(H2,8,9). The number of nitrogens with two attached hydrogens (primary N) is 1. The van der Waals surface area contributed by atoms with Crippen LogP contribution in [0.3, 0.4) is 0 Å². The number of aryl methyl sites for hydroxylation is 1. The highest BCUT2D eigenvalue weighted by molar-refractivity contribution is 7.85. The van der Waals surface area contributed by atoms with E-state index in [2.05, 4.69) is 4.98 Å². The molecule has 0 fully saturated rings. The van der Waals surface area contributed by atoms with Gasteiger partial charge >= 0.3 is 0 Å². The molecule has 3 nitrogen and oxygen atoms in total. The Morgan fingerprint density at radius 1 is 1.64 bits per heavy atom. The second-order valence-corrected chi connectivity index (χ2v) is 3.98. The minimum atomic E-state index is -0.897. The molecule has 1 aromatic heterocycles. The number of nitrogens with zero attached hydrogens (tertiary/aromatic N) is 1. The lowest BCUT2D eigenvalue weighted by atomic mass is 10.3. The van der Waals surface area contributed by atoms with Crippen LogP contribution in [0.4, 0.5) is 5.69 Å². The van der Waals surface area contributed by atoms with Crippen LogP contribution in [-0.4, -0.2) is 14.9 Å². The van der Waals surface area contributed by atoms with Crippen molar-refractivity contribution in [2.75, 3.05) is 11.5 Å². The zero-order valence-corrected chi connectivity index (χ0v) is 6.73. The van der Waals surface area contributed by atoms with Crippen LogP contribution in [0.2, 0.25) is 0 Å². The van der Waals surface area contributed by atoms with Crippen molar-refractivity contribution in [1.82, 2.24) is 4.98 Å². The van der Waals surface area contributed by atoms with Crippen molar-refractivity contribution < 1.29 is 4.21 Å². The Kier molecular flexibility index (Phi) is 1.42. The van der Waals surface area contributed by atoms with Crippen LogP contribution >= 0.6 is 0 Å². The zero-order chi connectivity index (χ0) is 7.84. The quantitative estimate of drug-likeness (QED) is 0.607. The minimum Gasteiger partial charge on any atom is -0.398 e. The lowest BCUT2D eigenvalue weighted by molar-refractivity contribution is 0.686. The predicted octanol–water partition coefficient (Wildman–Crippen LogP) is 0.327. The van der Waals surface area contributed by atoms with Crippen LogP contribution in [0.15, 0.2) is 17.2 Å². The van der Waals surface area contributed by atoms with E-state index >= 15 is 0 Å². The van der Waals surface area contributed by atoms with E-state index in [1.165, 1.54) is 0 Å². The fourth-order valence-electron chi connectivity index (χ4n) is 1.24. The van der Waals surface area contributed by atoms with Crippen molar-refractivity contribution in [3.63, 3.8) is 0 Å². The largest absolute Gasteiger partial charge is 0.398 e. The second-order valence-electron chi connectivity index (χ2n) is 2.48. The molecular formula is C7H8N2OS. The third-order valence-electron chi connectivity index (χ3n) is 1.76. The van der Waals surface area contributed by atoms with Gasteiger partial charge in [-0.15, -0.1) is 0 Å². The Morgan fingerprint density at radius 2 is 2.45 bits per heavy atom. The second kappa shape index (κ2) is 2.30. The first kappa shape index (κ1) is 6.79. The van der Waals surface area contributed by atoms with Crippen LogP contribution in [0.1, 0.15) is 5.69 Å². The number of fused-ring (bicyclic) bond motifs is 1. The Hall–Kier alpha value is -0.900. The molecule has 0 aromatic carbocycles. The molecule has 1 aliphatic rings. The maximum Gasteiger partial charge on any atom is 0.0833 e. The molecule has 2 heterocycles. The van der Waals surface area contributed by atoms with Crippen LogP contribution in [0.25, 0.3) is 0 Å². The predicted molar refractivity (Wildman–Crippen MR) is 43.6 cm³/mol. The summed E-state index contributed by atoms with van der Waals surface area (Å²) in [6.45, 7) is 0. The maximum atomic E-state index is 11.3. The molecule has 58 valence electrons. The number of hydrogen-bond donors (Lipinski definition) is 1. The zero-order valence-electron chi connectivity index (χ0n) is 5.91. The van der Waals surface area contributed by atoms with Gasteiger partial charge in [-0.2, -0.15) is 0 Å². The van der Waals surface area contributed by atoms with Gasteiger partial charge in [0.15, 0.2) is 0 Å². The van der Waals surface area contributed by atoms with Crippen LogP contribution in [0, 0.1) is 0 Å². The van der Waals surface area contributed by atoms with E-state index in [1.807, 2.05) is 0 Å². The Bertz CT molecular complexity index is 324. The van der Waals surface area contributed by atoms with E-state index in [-0.39, 0.29) is 0 Å². The van der Waals surface area contributed by atoms with E-state index in [1.54, 1.807) is 12.3 Å². The van der Waals surface area contributed by atoms with Crippen molar-refractivity contribution in [1.29, 1.82) is 0 Å². The highest BCUT2D eigenvalue weighted by Gasteiger charge is 2.21. The van der Waals surface area contributed by atoms with Gasteiger partial charge in [-0.25, -0.2) is 0 Å². The smallest absolute Gasteiger partial charge is 0.0833 e. The number of rotatable bonds is 0. The number of nitrogen functional groups attached to an aromatic ring is 1. The molecule has 0 saturated carbocycles. The van der Waals surface area contributed by atoms with Gasteiger partial charge in [-0.1, -0.05) is 0 Å². The fraction of sp³-hybridized carbons (Fsp3) is 0.286. The highest BCUT2D eigenvalue weighted by Crippen LogP contribution is 2.25. The molecular weight excluding hydrogens is 160 g/mol. The van der Waals surface area contributed by atoms with Gasteiger partial charge in [0.05, 0.1) is 27.1 Å². The first-order chi connectivity index (χ1) is 5.29. The van der Waals surface area contributed by atoms with Crippen molar-refractivity contribution in [3.8, 4) is 0 Å². The van der Waals surface area contributed by atoms with Crippen LogP contribution in [-0.2, 0) is 17.2 Å². The van der Waals surface area contributed by atoms with E-state index < -0.39 is 10.8 Å². The van der Waals surface area contributed by atoms with Crippen LogP contribution < -0.4 is 5.73 Å². The van der Waals surface area contributed by atoms with Crippen molar-refractivity contribution in [3.05, 3.63) is 18.0 Å². The van der Waals surface area contributed by atoms with E-state index in [9.17, 15) is 4.21 Å². The van der Waals surface area contributed by atoms with Gasteiger partial charge in [-0.05, 0) is 6.07 Å². The van der Waals surface area contributed by atoms with Crippen LogP contribution in [0.5, 0.6) is 0 Å². The fourth-order valence-corrected chi connectivity index (χ4v) is 2.57. The van der Waals surface area contributed by atoms with Crippen molar-refractivity contribution >= 4 is 16.5 Å². The first-order valence-corrected chi connectivity index (χ1v) is 4.72. The molecule has 4 heteroatoms. The lowest BCUT2D eigenvalue weighted by Gasteiger charge is -1.98. The first-order valence-electron chi connectivity index (χ1n) is 3.41. The van der Waals surface area contributed by atoms with Gasteiger partial charge in [0, 0.05) is 18.4 Å². The number of pyridine rings is 1. The third-order valence-corrected chi connectivity index (χ3v) is 3.26. The highest BCUT2D eigenvalue weighted by atomic mass is 32.2. The SMILES string of the molecule is Nc1ccnc2c1S(=O)CC2. The number of hydrogen-bond acceptors (Lipinski definition) is 3. The topological polar surface area (TPSA) is 56.0 Å². The monoisotopic (exact) mass is 168 g/mol. The maximum absolute atomic E-state index is 11.3. The van der Waals surface area contributed by atoms with Gasteiger partial charge in [-0.3, -0.25) is 9.19 Å². The molecule has 1 atom stereocenters. The molecule has 1 aromatic rings. The summed E-state index contributed by atoms with van der Waals surface area (Å²) in [5.41, 5.74) is 7.15. The van der Waals surface area contributed by atoms with Gasteiger partial charge < -0.3 is 5.73 Å². The summed E-state index contributed by atoms with van der Waals surface area (Å²) in [6, 6.07) is 1.70. The summed E-state index contributed by atoms with van der Waals surface area (Å²) in [6.07, 6.45) is 2.46. The molecule has 0 aliphatic carbocycles. The molecule has 2 rings (SSSR count). The average molecular weight is 168 g/mol. The Morgan fingerprint density at radius 3 is 3.18 bits per heavy atom. The molecule has 2 N–H and O–H groups in total. The summed E-state index contributed by atoms with van der Waals surface area (Å²) in [5.74, 6) is 0.677. The number of anilines is 1. The molecule has 1 unspecified atom stereocenters. The molecule has 1 aliphatic heterocycles. The summed E-state index contributed by atoms with van der Waals surface area (Å²) < 4.78 is 11.3.